The van der Waals surface area contributed by atoms with Gasteiger partial charge in [0.05, 0.1) is 23.2 Å². The van der Waals surface area contributed by atoms with Gasteiger partial charge in [0.25, 0.3) is 0 Å². The van der Waals surface area contributed by atoms with Gasteiger partial charge in [-0.2, -0.15) is 13.2 Å². The van der Waals surface area contributed by atoms with Gasteiger partial charge in [0.1, 0.15) is 10.8 Å². The number of fused-ring (bicyclic) bond motifs is 1. The molecule has 0 aliphatic carbocycles. The Bertz CT molecular complexity index is 1170. The first-order valence-electron chi connectivity index (χ1n) is 8.66. The number of aromatic nitrogens is 2. The highest BCUT2D eigenvalue weighted by Gasteiger charge is 2.30. The van der Waals surface area contributed by atoms with Crippen LogP contribution in [0, 0.1) is 0 Å². The first-order valence-corrected chi connectivity index (χ1v) is 9.54. The average Bonchev–Trinajstić information content (AvgIpc) is 3.15. The van der Waals surface area contributed by atoms with E-state index < -0.39 is 11.7 Å². The number of amides is 1. The maximum Gasteiger partial charge on any atom is 0.416 e. The van der Waals surface area contributed by atoms with Gasteiger partial charge < -0.3 is 5.32 Å². The third-order valence-electron chi connectivity index (χ3n) is 4.22. The third-order valence-corrected chi connectivity index (χ3v) is 5.16. The van der Waals surface area contributed by atoms with E-state index in [1.807, 2.05) is 30.3 Å². The van der Waals surface area contributed by atoms with Gasteiger partial charge in [-0.25, -0.2) is 9.97 Å². The molecule has 0 saturated heterocycles. The number of nitrogens with zero attached hydrogens (tertiary/aromatic N) is 2. The van der Waals surface area contributed by atoms with E-state index in [-0.39, 0.29) is 12.3 Å². The fourth-order valence-corrected chi connectivity index (χ4v) is 3.64. The molecule has 0 radical (unpaired) electrons. The van der Waals surface area contributed by atoms with Crippen LogP contribution < -0.4 is 5.32 Å². The Hall–Kier alpha value is -3.26. The highest BCUT2D eigenvalue weighted by atomic mass is 32.1. The Labute approximate surface area is 168 Å². The van der Waals surface area contributed by atoms with Gasteiger partial charge in [-0.15, -0.1) is 11.3 Å². The molecule has 2 aromatic carbocycles. The summed E-state index contributed by atoms with van der Waals surface area (Å²) >= 11 is 1.28. The molecule has 1 N–H and O–H groups in total. The summed E-state index contributed by atoms with van der Waals surface area (Å²) in [5.41, 5.74) is 1.19. The number of anilines is 1. The predicted octanol–water partition coefficient (Wildman–Crippen LogP) is 5.56. The van der Waals surface area contributed by atoms with E-state index in [1.165, 1.54) is 23.5 Å². The minimum Gasteiger partial charge on any atom is -0.310 e. The summed E-state index contributed by atoms with van der Waals surface area (Å²) in [7, 11) is 0. The molecule has 0 saturated carbocycles. The Morgan fingerprint density at radius 3 is 2.48 bits per heavy atom. The number of thiazole rings is 1. The zero-order valence-electron chi connectivity index (χ0n) is 14.9. The topological polar surface area (TPSA) is 54.9 Å². The Morgan fingerprint density at radius 2 is 1.72 bits per heavy atom. The zero-order chi connectivity index (χ0) is 20.4. The van der Waals surface area contributed by atoms with Crippen molar-refractivity contribution in [1.29, 1.82) is 0 Å². The number of halogens is 3. The third kappa shape index (κ3) is 4.43. The Kier molecular flexibility index (Phi) is 5.02. The van der Waals surface area contributed by atoms with Crippen LogP contribution in [0.5, 0.6) is 0 Å². The molecule has 0 aliphatic heterocycles. The number of carbonyl (C=O) groups excluding carboxylic acids is 1. The smallest absolute Gasteiger partial charge is 0.310 e. The average molecular weight is 413 g/mol. The van der Waals surface area contributed by atoms with E-state index in [1.54, 1.807) is 11.4 Å². The first kappa shape index (κ1) is 19.1. The summed E-state index contributed by atoms with van der Waals surface area (Å²) in [5, 5.41) is 6.01. The van der Waals surface area contributed by atoms with E-state index in [0.717, 1.165) is 23.0 Å². The van der Waals surface area contributed by atoms with Crippen molar-refractivity contribution in [3.8, 4) is 10.6 Å². The van der Waals surface area contributed by atoms with Crippen molar-refractivity contribution < 1.29 is 18.0 Å². The molecule has 0 aliphatic rings. The lowest BCUT2D eigenvalue weighted by Gasteiger charge is -2.06. The highest BCUT2D eigenvalue weighted by Crippen LogP contribution is 2.31. The maximum absolute atomic E-state index is 12.7. The second kappa shape index (κ2) is 7.63. The van der Waals surface area contributed by atoms with Gasteiger partial charge in [0.15, 0.2) is 0 Å². The van der Waals surface area contributed by atoms with Gasteiger partial charge >= 0.3 is 6.18 Å². The molecule has 4 nitrogen and oxygen atoms in total. The molecule has 29 heavy (non-hydrogen) atoms. The molecule has 0 fully saturated rings. The van der Waals surface area contributed by atoms with Crippen LogP contribution in [-0.2, 0) is 17.4 Å². The molecule has 8 heteroatoms. The van der Waals surface area contributed by atoms with Crippen molar-refractivity contribution in [1.82, 2.24) is 9.97 Å². The van der Waals surface area contributed by atoms with Gasteiger partial charge in [-0.05, 0) is 30.3 Å². The number of hydrogen-bond donors (Lipinski definition) is 1. The summed E-state index contributed by atoms with van der Waals surface area (Å²) < 4.78 is 38.0. The van der Waals surface area contributed by atoms with Gasteiger partial charge in [-0.1, -0.05) is 30.3 Å². The van der Waals surface area contributed by atoms with Gasteiger partial charge in [0, 0.05) is 16.3 Å². The molecule has 0 spiro atoms. The molecule has 0 unspecified atom stereocenters. The Balaban J connectivity index is 1.43. The summed E-state index contributed by atoms with van der Waals surface area (Å²) in [6.07, 6.45) is -4.33. The number of nitrogens with one attached hydrogen (secondary N) is 1. The normalized spacial score (nSPS) is 11.6. The number of alkyl halides is 3. The van der Waals surface area contributed by atoms with Crippen molar-refractivity contribution >= 4 is 34.0 Å². The Morgan fingerprint density at radius 1 is 0.966 bits per heavy atom. The van der Waals surface area contributed by atoms with Crippen molar-refractivity contribution in [3.63, 3.8) is 0 Å². The van der Waals surface area contributed by atoms with Crippen LogP contribution in [0.1, 0.15) is 11.3 Å². The van der Waals surface area contributed by atoms with Crippen molar-refractivity contribution in [2.24, 2.45) is 0 Å². The highest BCUT2D eigenvalue weighted by molar-refractivity contribution is 7.13. The molecular formula is C21H14F3N3OS. The van der Waals surface area contributed by atoms with E-state index >= 15 is 0 Å². The van der Waals surface area contributed by atoms with Gasteiger partial charge in [0.2, 0.25) is 5.91 Å². The van der Waals surface area contributed by atoms with E-state index in [4.69, 9.17) is 0 Å². The number of rotatable bonds is 4. The molecule has 1 amide bonds. The summed E-state index contributed by atoms with van der Waals surface area (Å²) in [6.45, 7) is 0. The largest absolute Gasteiger partial charge is 0.416 e. The van der Waals surface area contributed by atoms with Crippen LogP contribution in [-0.4, -0.2) is 15.9 Å². The number of carbonyl (C=O) groups is 1. The zero-order valence-corrected chi connectivity index (χ0v) is 15.7. The van der Waals surface area contributed by atoms with E-state index in [0.29, 0.717) is 22.1 Å². The van der Waals surface area contributed by atoms with Crippen molar-refractivity contribution in [2.45, 2.75) is 12.6 Å². The molecule has 146 valence electrons. The number of pyridine rings is 1. The molecule has 4 aromatic rings. The molecule has 0 bridgehead atoms. The summed E-state index contributed by atoms with van der Waals surface area (Å²) in [6, 6.07) is 16.0. The molecule has 2 heterocycles. The maximum atomic E-state index is 12.7. The van der Waals surface area contributed by atoms with Crippen LogP contribution in [0.3, 0.4) is 0 Å². The minimum absolute atomic E-state index is 0.0473. The SMILES string of the molecule is O=C(Cc1csc(-c2ccc(C(F)(F)F)cc2)n1)Nc1ccc2ccccc2n1. The lowest BCUT2D eigenvalue weighted by Crippen LogP contribution is -2.15. The lowest BCUT2D eigenvalue weighted by atomic mass is 10.1. The number of para-hydroxylation sites is 1. The van der Waals surface area contributed by atoms with E-state index in [9.17, 15) is 18.0 Å². The summed E-state index contributed by atoms with van der Waals surface area (Å²) in [5.74, 6) is 0.184. The van der Waals surface area contributed by atoms with Crippen LogP contribution in [0.4, 0.5) is 19.0 Å². The number of hydrogen-bond acceptors (Lipinski definition) is 4. The predicted molar refractivity (Wildman–Crippen MR) is 107 cm³/mol. The summed E-state index contributed by atoms with van der Waals surface area (Å²) in [4.78, 5) is 21.1. The van der Waals surface area contributed by atoms with Crippen LogP contribution in [0.2, 0.25) is 0 Å². The van der Waals surface area contributed by atoms with Crippen LogP contribution >= 0.6 is 11.3 Å². The standard InChI is InChI=1S/C21H14F3N3OS/c22-21(23,24)15-8-5-14(6-9-15)20-25-16(12-29-20)11-19(28)27-18-10-7-13-3-1-2-4-17(13)26-18/h1-10,12H,11H2,(H,26,27,28). The molecule has 0 atom stereocenters. The fraction of sp³-hybridized carbons (Fsp3) is 0.0952. The first-order chi connectivity index (χ1) is 13.9. The lowest BCUT2D eigenvalue weighted by molar-refractivity contribution is -0.137. The van der Waals surface area contributed by atoms with Crippen molar-refractivity contribution in [2.75, 3.05) is 5.32 Å². The van der Waals surface area contributed by atoms with Gasteiger partial charge in [-0.3, -0.25) is 4.79 Å². The van der Waals surface area contributed by atoms with Crippen LogP contribution in [0.25, 0.3) is 21.5 Å². The van der Waals surface area contributed by atoms with Crippen LogP contribution in [0.15, 0.2) is 66.0 Å². The van der Waals surface area contributed by atoms with E-state index in [2.05, 4.69) is 15.3 Å². The second-order valence-corrected chi connectivity index (χ2v) is 7.19. The van der Waals surface area contributed by atoms with Crippen molar-refractivity contribution in [3.05, 3.63) is 77.3 Å². The fourth-order valence-electron chi connectivity index (χ4n) is 2.81. The second-order valence-electron chi connectivity index (χ2n) is 6.33. The quantitative estimate of drug-likeness (QED) is 0.477. The number of benzene rings is 2. The molecule has 2 aromatic heterocycles. The molecular weight excluding hydrogens is 399 g/mol. The minimum atomic E-state index is -4.37. The monoisotopic (exact) mass is 413 g/mol. The molecule has 4 rings (SSSR count).